The second kappa shape index (κ2) is 8.70. The van der Waals surface area contributed by atoms with Crippen LogP contribution in [0.25, 0.3) is 5.57 Å². The Kier molecular flexibility index (Phi) is 6.90. The molecule has 0 aliphatic carbocycles. The number of rotatable bonds is 8. The van der Waals surface area contributed by atoms with Gasteiger partial charge >= 0.3 is 0 Å². The number of carbonyl (C=O) groups excluding carboxylic acids is 2. The molecule has 0 saturated carbocycles. The molecule has 1 aliphatic heterocycles. The van der Waals surface area contributed by atoms with Crippen LogP contribution in [0, 0.1) is 0 Å². The Bertz CT molecular complexity index is 640. The quantitative estimate of drug-likeness (QED) is 0.515. The van der Waals surface area contributed by atoms with Crippen molar-refractivity contribution in [3.8, 4) is 0 Å². The fraction of sp³-hybridized carbons (Fsp3) is 0.444. The van der Waals surface area contributed by atoms with E-state index < -0.39 is 0 Å². The zero-order valence-corrected chi connectivity index (χ0v) is 15.7. The Morgan fingerprint density at radius 1 is 1.17 bits per heavy atom. The minimum absolute atomic E-state index is 0.208. The minimum Gasteiger partial charge on any atom is -0.382 e. The molecule has 130 valence electrons. The molecule has 0 spiro atoms. The number of halogens is 1. The lowest BCUT2D eigenvalue weighted by molar-refractivity contribution is -0.136. The van der Waals surface area contributed by atoms with Gasteiger partial charge in [0.1, 0.15) is 0 Å². The molecule has 1 heterocycles. The Hall–Kier alpha value is -1.30. The van der Waals surface area contributed by atoms with Gasteiger partial charge in [0, 0.05) is 30.0 Å². The van der Waals surface area contributed by atoms with E-state index in [9.17, 15) is 9.59 Å². The largest absolute Gasteiger partial charge is 0.382 e. The van der Waals surface area contributed by atoms with Gasteiger partial charge < -0.3 is 4.74 Å². The summed E-state index contributed by atoms with van der Waals surface area (Å²) in [5, 5.41) is 0.810. The van der Waals surface area contributed by atoms with Crippen molar-refractivity contribution in [3.05, 3.63) is 39.8 Å². The van der Waals surface area contributed by atoms with Gasteiger partial charge in [0.05, 0.1) is 10.5 Å². The monoisotopic (exact) mass is 367 g/mol. The molecule has 24 heavy (non-hydrogen) atoms. The first kappa shape index (κ1) is 19.0. The summed E-state index contributed by atoms with van der Waals surface area (Å²) in [5.41, 5.74) is 1.21. The van der Waals surface area contributed by atoms with E-state index in [4.69, 9.17) is 16.3 Å². The van der Waals surface area contributed by atoms with E-state index in [0.29, 0.717) is 41.7 Å². The van der Waals surface area contributed by atoms with Crippen molar-refractivity contribution >= 4 is 40.8 Å². The van der Waals surface area contributed by atoms with Crippen molar-refractivity contribution in [2.24, 2.45) is 0 Å². The number of amides is 2. The number of hydrogen-bond acceptors (Lipinski definition) is 4. The van der Waals surface area contributed by atoms with Gasteiger partial charge in [-0.05, 0) is 31.0 Å². The molecule has 1 aromatic rings. The van der Waals surface area contributed by atoms with Crippen LogP contribution in [-0.2, 0) is 14.3 Å². The summed E-state index contributed by atoms with van der Waals surface area (Å²) in [6.07, 6.45) is 0.638. The molecule has 2 rings (SSSR count). The number of imide groups is 1. The first-order valence-corrected chi connectivity index (χ1v) is 9.32. The van der Waals surface area contributed by atoms with Gasteiger partial charge in [-0.3, -0.25) is 14.5 Å². The molecule has 1 aliphatic rings. The van der Waals surface area contributed by atoms with Crippen molar-refractivity contribution in [1.29, 1.82) is 0 Å². The third-order valence-corrected chi connectivity index (χ3v) is 4.82. The van der Waals surface area contributed by atoms with Gasteiger partial charge in [0.15, 0.2) is 0 Å². The number of nitrogens with zero attached hydrogens (tertiary/aromatic N) is 1. The summed E-state index contributed by atoms with van der Waals surface area (Å²) in [4.78, 5) is 27.4. The highest BCUT2D eigenvalue weighted by Crippen LogP contribution is 2.38. The molecular weight excluding hydrogens is 346 g/mol. The summed E-state index contributed by atoms with van der Waals surface area (Å²) in [6, 6.07) is 7.04. The average molecular weight is 368 g/mol. The molecule has 2 amide bonds. The van der Waals surface area contributed by atoms with E-state index in [1.54, 1.807) is 24.3 Å². The average Bonchev–Trinajstić information content (AvgIpc) is 2.76. The zero-order chi connectivity index (χ0) is 17.7. The molecule has 6 heteroatoms. The van der Waals surface area contributed by atoms with Crippen LogP contribution in [0.4, 0.5) is 0 Å². The first-order valence-electron chi connectivity index (χ1n) is 8.06. The number of benzene rings is 1. The maximum absolute atomic E-state index is 12.8. The molecule has 0 aromatic heterocycles. The van der Waals surface area contributed by atoms with Gasteiger partial charge in [-0.25, -0.2) is 0 Å². The van der Waals surface area contributed by atoms with E-state index in [0.717, 1.165) is 5.56 Å². The van der Waals surface area contributed by atoms with Crippen molar-refractivity contribution in [3.63, 3.8) is 0 Å². The summed E-state index contributed by atoms with van der Waals surface area (Å²) < 4.78 is 5.30. The van der Waals surface area contributed by atoms with Gasteiger partial charge in [-0.1, -0.05) is 37.6 Å². The molecule has 0 radical (unpaired) electrons. The predicted molar refractivity (Wildman–Crippen MR) is 98.9 cm³/mol. The maximum Gasteiger partial charge on any atom is 0.267 e. The minimum atomic E-state index is -0.234. The van der Waals surface area contributed by atoms with Crippen LogP contribution >= 0.6 is 23.4 Å². The summed E-state index contributed by atoms with van der Waals surface area (Å²) >= 11 is 7.37. The fourth-order valence-corrected chi connectivity index (χ4v) is 3.57. The highest BCUT2D eigenvalue weighted by Gasteiger charge is 2.39. The summed E-state index contributed by atoms with van der Waals surface area (Å²) in [5.74, 6) is -0.442. The highest BCUT2D eigenvalue weighted by molar-refractivity contribution is 8.04. The lowest BCUT2D eigenvalue weighted by Gasteiger charge is -2.15. The highest BCUT2D eigenvalue weighted by atomic mass is 35.5. The Morgan fingerprint density at radius 3 is 2.42 bits per heavy atom. The standard InChI is InChI=1S/C18H22ClNO3S/c1-4-23-11-5-10-20-17(21)15(13-6-8-14(19)9-7-13)16(18(20)22)24-12(2)3/h6-9,12H,4-5,10-11H2,1-3H3. The van der Waals surface area contributed by atoms with E-state index >= 15 is 0 Å². The van der Waals surface area contributed by atoms with Crippen LogP contribution in [-0.4, -0.2) is 41.7 Å². The second-order valence-corrected chi connectivity index (χ2v) is 7.71. The van der Waals surface area contributed by atoms with Gasteiger partial charge in [-0.15, -0.1) is 11.8 Å². The van der Waals surface area contributed by atoms with Crippen LogP contribution in [0.5, 0.6) is 0 Å². The van der Waals surface area contributed by atoms with E-state index in [1.165, 1.54) is 16.7 Å². The van der Waals surface area contributed by atoms with Gasteiger partial charge in [0.25, 0.3) is 11.8 Å². The van der Waals surface area contributed by atoms with E-state index in [-0.39, 0.29) is 17.1 Å². The van der Waals surface area contributed by atoms with Gasteiger partial charge in [-0.2, -0.15) is 0 Å². The second-order valence-electron chi connectivity index (χ2n) is 5.69. The Morgan fingerprint density at radius 2 is 1.83 bits per heavy atom. The third kappa shape index (κ3) is 4.41. The van der Waals surface area contributed by atoms with Crippen LogP contribution in [0.1, 0.15) is 32.8 Å². The van der Waals surface area contributed by atoms with Crippen LogP contribution in [0.15, 0.2) is 29.2 Å². The summed E-state index contributed by atoms with van der Waals surface area (Å²) in [7, 11) is 0. The maximum atomic E-state index is 12.8. The SMILES string of the molecule is CCOCCCN1C(=O)C(SC(C)C)=C(c2ccc(Cl)cc2)C1=O. The third-order valence-electron chi connectivity index (χ3n) is 3.49. The van der Waals surface area contributed by atoms with Gasteiger partial charge in [0.2, 0.25) is 0 Å². The van der Waals surface area contributed by atoms with Crippen molar-refractivity contribution in [1.82, 2.24) is 4.90 Å². The molecule has 4 nitrogen and oxygen atoms in total. The molecule has 0 N–H and O–H groups in total. The molecule has 0 atom stereocenters. The predicted octanol–water partition coefficient (Wildman–Crippen LogP) is 3.99. The van der Waals surface area contributed by atoms with Crippen LogP contribution < -0.4 is 0 Å². The van der Waals surface area contributed by atoms with Crippen molar-refractivity contribution in [2.75, 3.05) is 19.8 Å². The fourth-order valence-electron chi connectivity index (χ4n) is 2.44. The first-order chi connectivity index (χ1) is 11.5. The van der Waals surface area contributed by atoms with Crippen molar-refractivity contribution < 1.29 is 14.3 Å². The number of carbonyl (C=O) groups is 2. The molecule has 0 saturated heterocycles. The zero-order valence-electron chi connectivity index (χ0n) is 14.2. The summed E-state index contributed by atoms with van der Waals surface area (Å²) in [6.45, 7) is 7.47. The van der Waals surface area contributed by atoms with E-state index in [1.807, 2.05) is 20.8 Å². The molecular formula is C18H22ClNO3S. The molecule has 1 aromatic carbocycles. The molecule has 0 fully saturated rings. The topological polar surface area (TPSA) is 46.6 Å². The van der Waals surface area contributed by atoms with Crippen LogP contribution in [0.2, 0.25) is 5.02 Å². The lowest BCUT2D eigenvalue weighted by atomic mass is 10.1. The molecule has 0 bridgehead atoms. The normalized spacial score (nSPS) is 15.1. The smallest absolute Gasteiger partial charge is 0.267 e. The molecule has 0 unspecified atom stereocenters. The Labute approximate surface area is 152 Å². The van der Waals surface area contributed by atoms with Crippen molar-refractivity contribution in [2.45, 2.75) is 32.4 Å². The number of ether oxygens (including phenoxy) is 1. The van der Waals surface area contributed by atoms with Crippen LogP contribution in [0.3, 0.4) is 0 Å². The lowest BCUT2D eigenvalue weighted by Crippen LogP contribution is -2.33. The Balaban J connectivity index is 2.28. The van der Waals surface area contributed by atoms with E-state index in [2.05, 4.69) is 0 Å². The number of thioether (sulfide) groups is 1. The number of hydrogen-bond donors (Lipinski definition) is 0.